The van der Waals surface area contributed by atoms with E-state index in [0.29, 0.717) is 27.1 Å². The largest absolute Gasteiger partial charge is 0.493 e. The second kappa shape index (κ2) is 8.60. The number of ether oxygens (including phenoxy) is 3. The second-order valence-electron chi connectivity index (χ2n) is 6.58. The zero-order chi connectivity index (χ0) is 20.3. The summed E-state index contributed by atoms with van der Waals surface area (Å²) in [4.78, 5) is 31.6. The Morgan fingerprint density at radius 3 is 2.46 bits per heavy atom. The van der Waals surface area contributed by atoms with Crippen LogP contribution in [-0.4, -0.2) is 55.2 Å². The number of benzene rings is 1. The molecule has 2 aromatic rings. The van der Waals surface area contributed by atoms with Crippen LogP contribution in [0.15, 0.2) is 18.2 Å². The molecule has 1 saturated heterocycles. The van der Waals surface area contributed by atoms with Crippen molar-refractivity contribution < 1.29 is 23.8 Å². The number of carbonyl (C=O) groups is 2. The van der Waals surface area contributed by atoms with Gasteiger partial charge in [0, 0.05) is 18.7 Å². The molecule has 0 bridgehead atoms. The van der Waals surface area contributed by atoms with Crippen molar-refractivity contribution in [2.75, 3.05) is 27.3 Å². The first kappa shape index (κ1) is 20.1. The van der Waals surface area contributed by atoms with E-state index in [9.17, 15) is 9.59 Å². The lowest BCUT2D eigenvalue weighted by Crippen LogP contribution is -2.38. The topological polar surface area (TPSA) is 78.0 Å². The molecule has 150 valence electrons. The summed E-state index contributed by atoms with van der Waals surface area (Å²) in [6.45, 7) is 4.82. The summed E-state index contributed by atoms with van der Waals surface area (Å²) in [5.41, 5.74) is 1.38. The molecule has 1 amide bonds. The number of amides is 1. The number of thiazole rings is 1. The number of hydrogen-bond acceptors (Lipinski definition) is 7. The number of methoxy groups -OCH3 is 2. The Balaban J connectivity index is 1.76. The van der Waals surface area contributed by atoms with E-state index >= 15 is 0 Å². The van der Waals surface area contributed by atoms with Gasteiger partial charge in [-0.3, -0.25) is 4.79 Å². The van der Waals surface area contributed by atoms with Crippen molar-refractivity contribution in [3.05, 3.63) is 28.8 Å². The molecule has 2 heterocycles. The monoisotopic (exact) mass is 404 g/mol. The summed E-state index contributed by atoms with van der Waals surface area (Å²) in [7, 11) is 3.14. The molecule has 1 aromatic heterocycles. The van der Waals surface area contributed by atoms with Crippen molar-refractivity contribution in [2.24, 2.45) is 0 Å². The van der Waals surface area contributed by atoms with Gasteiger partial charge in [-0.2, -0.15) is 0 Å². The number of esters is 1. The number of nitrogens with zero attached hydrogens (tertiary/aromatic N) is 2. The van der Waals surface area contributed by atoms with E-state index in [4.69, 9.17) is 14.2 Å². The number of aromatic nitrogens is 1. The molecule has 1 aromatic carbocycles. The Morgan fingerprint density at radius 1 is 1.14 bits per heavy atom. The van der Waals surface area contributed by atoms with Gasteiger partial charge in [0.25, 0.3) is 5.91 Å². The average molecular weight is 404 g/mol. The molecule has 28 heavy (non-hydrogen) atoms. The molecule has 0 saturated carbocycles. The fourth-order valence-corrected chi connectivity index (χ4v) is 4.08. The van der Waals surface area contributed by atoms with Crippen LogP contribution in [0.1, 0.15) is 35.1 Å². The van der Waals surface area contributed by atoms with Crippen LogP contribution < -0.4 is 9.47 Å². The Hall–Kier alpha value is -2.61. The lowest BCUT2D eigenvalue weighted by atomic mass is 10.2. The van der Waals surface area contributed by atoms with Gasteiger partial charge in [0.05, 0.1) is 19.9 Å². The van der Waals surface area contributed by atoms with Gasteiger partial charge in [0.2, 0.25) is 0 Å². The van der Waals surface area contributed by atoms with Gasteiger partial charge in [-0.15, -0.1) is 11.3 Å². The van der Waals surface area contributed by atoms with Gasteiger partial charge < -0.3 is 19.1 Å². The summed E-state index contributed by atoms with van der Waals surface area (Å²) < 4.78 is 16.0. The summed E-state index contributed by atoms with van der Waals surface area (Å²) in [5, 5.41) is 0.670. The minimum atomic E-state index is -0.809. The number of hydrogen-bond donors (Lipinski definition) is 0. The highest BCUT2D eigenvalue weighted by Gasteiger charge is 2.28. The number of carbonyl (C=O) groups excluding carboxylic acids is 2. The van der Waals surface area contributed by atoms with E-state index in [-0.39, 0.29) is 5.91 Å². The normalized spacial score (nSPS) is 14.6. The molecular weight excluding hydrogens is 380 g/mol. The third-order valence-corrected chi connectivity index (χ3v) is 5.85. The molecular formula is C20H24N2O5S. The lowest BCUT2D eigenvalue weighted by molar-refractivity contribution is -0.138. The molecule has 1 aliphatic heterocycles. The van der Waals surface area contributed by atoms with E-state index in [2.05, 4.69) is 4.98 Å². The first-order valence-corrected chi connectivity index (χ1v) is 9.95. The summed E-state index contributed by atoms with van der Waals surface area (Å²) in [6, 6.07) is 5.46. The maximum absolute atomic E-state index is 12.6. The average Bonchev–Trinajstić information content (AvgIpc) is 3.36. The Bertz CT molecular complexity index is 873. The number of likely N-dealkylation sites (tertiary alicyclic amines) is 1. The van der Waals surface area contributed by atoms with E-state index in [1.165, 1.54) is 11.3 Å². The maximum atomic E-state index is 12.6. The standard InChI is InChI=1S/C20H24N2O5S/c1-12-17(20(24)27-13(2)19(23)22-9-5-6-10-22)28-18(21-12)14-7-8-15(25-3)16(11-14)26-4/h7-8,11,13H,5-6,9-10H2,1-4H3. The summed E-state index contributed by atoms with van der Waals surface area (Å²) >= 11 is 1.23. The maximum Gasteiger partial charge on any atom is 0.351 e. The van der Waals surface area contributed by atoms with E-state index in [0.717, 1.165) is 31.5 Å². The van der Waals surface area contributed by atoms with Crippen LogP contribution in [0.5, 0.6) is 11.5 Å². The minimum Gasteiger partial charge on any atom is -0.493 e. The van der Waals surface area contributed by atoms with E-state index < -0.39 is 12.1 Å². The van der Waals surface area contributed by atoms with Crippen molar-refractivity contribution in [1.82, 2.24) is 9.88 Å². The fraction of sp³-hybridized carbons (Fsp3) is 0.450. The van der Waals surface area contributed by atoms with Crippen molar-refractivity contribution in [3.8, 4) is 22.1 Å². The minimum absolute atomic E-state index is 0.145. The van der Waals surface area contributed by atoms with Crippen molar-refractivity contribution in [3.63, 3.8) is 0 Å². The third-order valence-electron chi connectivity index (χ3n) is 4.66. The Kier molecular flexibility index (Phi) is 6.18. The number of aryl methyl sites for hydroxylation is 1. The van der Waals surface area contributed by atoms with E-state index in [1.807, 2.05) is 12.1 Å². The predicted octanol–water partition coefficient (Wildman–Crippen LogP) is 3.30. The van der Waals surface area contributed by atoms with Gasteiger partial charge in [-0.1, -0.05) is 0 Å². The molecule has 3 rings (SSSR count). The molecule has 1 unspecified atom stereocenters. The quantitative estimate of drug-likeness (QED) is 0.688. The number of rotatable bonds is 6. The zero-order valence-electron chi connectivity index (χ0n) is 16.5. The van der Waals surface area contributed by atoms with Crippen LogP contribution in [0.3, 0.4) is 0 Å². The highest BCUT2D eigenvalue weighted by Crippen LogP contribution is 2.35. The van der Waals surface area contributed by atoms with Crippen molar-refractivity contribution in [1.29, 1.82) is 0 Å². The second-order valence-corrected chi connectivity index (χ2v) is 7.58. The highest BCUT2D eigenvalue weighted by molar-refractivity contribution is 7.17. The van der Waals surface area contributed by atoms with Gasteiger partial charge in [0.1, 0.15) is 9.88 Å². The van der Waals surface area contributed by atoms with Crippen LogP contribution in [-0.2, 0) is 9.53 Å². The van der Waals surface area contributed by atoms with Crippen molar-refractivity contribution in [2.45, 2.75) is 32.8 Å². The molecule has 1 fully saturated rings. The third kappa shape index (κ3) is 4.11. The zero-order valence-corrected chi connectivity index (χ0v) is 17.3. The van der Waals surface area contributed by atoms with Gasteiger partial charge in [-0.05, 0) is 44.9 Å². The first-order chi connectivity index (χ1) is 13.4. The molecule has 0 N–H and O–H groups in total. The van der Waals surface area contributed by atoms with Gasteiger partial charge in [0.15, 0.2) is 17.6 Å². The van der Waals surface area contributed by atoms with Gasteiger partial charge in [-0.25, -0.2) is 9.78 Å². The Labute approximate surface area is 168 Å². The van der Waals surface area contributed by atoms with Crippen LogP contribution in [0.2, 0.25) is 0 Å². The van der Waals surface area contributed by atoms with E-state index in [1.54, 1.807) is 39.0 Å². The lowest BCUT2D eigenvalue weighted by Gasteiger charge is -2.20. The van der Waals surface area contributed by atoms with Crippen LogP contribution in [0, 0.1) is 6.92 Å². The molecule has 1 aliphatic rings. The predicted molar refractivity (Wildman–Crippen MR) is 106 cm³/mol. The molecule has 0 radical (unpaired) electrons. The fourth-order valence-electron chi connectivity index (χ4n) is 3.14. The van der Waals surface area contributed by atoms with Crippen LogP contribution in [0.4, 0.5) is 0 Å². The molecule has 8 heteroatoms. The highest BCUT2D eigenvalue weighted by atomic mass is 32.1. The summed E-state index contributed by atoms with van der Waals surface area (Å²) in [6.07, 6.45) is 1.18. The smallest absolute Gasteiger partial charge is 0.351 e. The molecule has 0 aliphatic carbocycles. The van der Waals surface area contributed by atoms with Crippen LogP contribution >= 0.6 is 11.3 Å². The van der Waals surface area contributed by atoms with Gasteiger partial charge >= 0.3 is 5.97 Å². The first-order valence-electron chi connectivity index (χ1n) is 9.14. The van der Waals surface area contributed by atoms with Crippen LogP contribution in [0.25, 0.3) is 10.6 Å². The molecule has 7 nitrogen and oxygen atoms in total. The SMILES string of the molecule is COc1ccc(-c2nc(C)c(C(=O)OC(C)C(=O)N3CCCC3)s2)cc1OC. The Morgan fingerprint density at radius 2 is 1.82 bits per heavy atom. The molecule has 1 atom stereocenters. The van der Waals surface area contributed by atoms with Crippen molar-refractivity contribution >= 4 is 23.2 Å². The molecule has 0 spiro atoms. The summed E-state index contributed by atoms with van der Waals surface area (Å²) in [5.74, 6) is 0.533.